The molecule has 220 valence electrons. The highest BCUT2D eigenvalue weighted by Gasteiger charge is 2.51. The molecule has 13 nitrogen and oxygen atoms in total. The normalized spacial score (nSPS) is 18.8. The van der Waals surface area contributed by atoms with Crippen molar-refractivity contribution in [1.82, 2.24) is 19.5 Å². The van der Waals surface area contributed by atoms with Crippen LogP contribution < -0.4 is 5.73 Å². The number of fused-ring (bicyclic) bond motifs is 1. The van der Waals surface area contributed by atoms with E-state index in [4.69, 9.17) is 41.0 Å². The monoisotopic (exact) mass is 589 g/mol. The summed E-state index contributed by atoms with van der Waals surface area (Å²) in [7, 11) is 1.28. The molecule has 3 aromatic rings. The van der Waals surface area contributed by atoms with Crippen LogP contribution in [-0.4, -0.2) is 76.1 Å². The molecule has 0 bridgehead atoms. The minimum atomic E-state index is -2.11. The lowest BCUT2D eigenvalue weighted by Crippen LogP contribution is -2.54. The number of esters is 3. The zero-order valence-electron chi connectivity index (χ0n) is 23.2. The number of carbonyl (C=O) groups is 3. The molecule has 0 spiro atoms. The maximum absolute atomic E-state index is 13.3. The molecular formula is C27H32ClN5O8. The minimum absolute atomic E-state index is 0.0180. The largest absolute Gasteiger partial charge is 0.465 e. The van der Waals surface area contributed by atoms with E-state index in [0.29, 0.717) is 28.7 Å². The third kappa shape index (κ3) is 6.26. The van der Waals surface area contributed by atoms with Gasteiger partial charge in [0.25, 0.3) is 5.60 Å². The van der Waals surface area contributed by atoms with Gasteiger partial charge in [-0.05, 0) is 49.6 Å². The van der Waals surface area contributed by atoms with E-state index in [1.807, 2.05) is 6.92 Å². The van der Waals surface area contributed by atoms with Crippen molar-refractivity contribution in [3.63, 3.8) is 0 Å². The Morgan fingerprint density at radius 1 is 1.12 bits per heavy atom. The number of nitrogens with two attached hydrogens (primary N) is 1. The van der Waals surface area contributed by atoms with E-state index in [0.717, 1.165) is 0 Å². The predicted molar refractivity (Wildman–Crippen MR) is 146 cm³/mol. The SMILES string of the molecule is CCOC(=O)C(Cc1ccc(C(=O)OC)cc1)(OCC1CC(C)C(n2cnc3c(N)nc(Cl)nc32)O1)C(=O)OCC. The average molecular weight is 590 g/mol. The number of carbonyl (C=O) groups excluding carboxylic acids is 3. The van der Waals surface area contributed by atoms with E-state index in [1.54, 1.807) is 36.9 Å². The number of hydrogen-bond donors (Lipinski definition) is 1. The Labute approximate surface area is 241 Å². The summed E-state index contributed by atoms with van der Waals surface area (Å²) in [6, 6.07) is 6.28. The summed E-state index contributed by atoms with van der Waals surface area (Å²) in [5.41, 5.74) is 5.50. The first-order valence-corrected chi connectivity index (χ1v) is 13.5. The smallest absolute Gasteiger partial charge is 0.350 e. The van der Waals surface area contributed by atoms with Gasteiger partial charge in [0.2, 0.25) is 5.28 Å². The van der Waals surface area contributed by atoms with Gasteiger partial charge in [-0.1, -0.05) is 19.1 Å². The molecule has 1 aliphatic heterocycles. The van der Waals surface area contributed by atoms with Crippen LogP contribution in [0.5, 0.6) is 0 Å². The lowest BCUT2D eigenvalue weighted by atomic mass is 9.93. The van der Waals surface area contributed by atoms with Crippen LogP contribution >= 0.6 is 11.6 Å². The lowest BCUT2D eigenvalue weighted by molar-refractivity contribution is -0.195. The van der Waals surface area contributed by atoms with Crippen molar-refractivity contribution >= 4 is 46.5 Å². The number of hydrogen-bond acceptors (Lipinski definition) is 12. The highest BCUT2D eigenvalue weighted by molar-refractivity contribution is 6.28. The Morgan fingerprint density at radius 3 is 2.39 bits per heavy atom. The number of nitrogen functional groups attached to an aromatic ring is 1. The highest BCUT2D eigenvalue weighted by Crippen LogP contribution is 2.37. The highest BCUT2D eigenvalue weighted by atomic mass is 35.5. The minimum Gasteiger partial charge on any atom is -0.465 e. The summed E-state index contributed by atoms with van der Waals surface area (Å²) >= 11 is 6.02. The standard InChI is InChI=1S/C27H32ClN5O8/c1-5-38-24(35)27(25(36)39-6-2,12-16-7-9-17(10-8-16)23(34)37-4)40-13-18-11-15(3)22(41-18)33-14-30-19-20(29)31-26(28)32-21(19)33/h7-10,14-15,18,22H,5-6,11-13H2,1-4H3,(H2,29,31,32). The Bertz CT molecular complexity index is 1390. The van der Waals surface area contributed by atoms with Gasteiger partial charge in [-0.25, -0.2) is 19.4 Å². The van der Waals surface area contributed by atoms with Crippen molar-refractivity contribution in [2.45, 2.75) is 51.5 Å². The molecule has 1 aromatic carbocycles. The van der Waals surface area contributed by atoms with Gasteiger partial charge in [0.1, 0.15) is 11.7 Å². The summed E-state index contributed by atoms with van der Waals surface area (Å²) in [5, 5.41) is -0.0180. The number of benzene rings is 1. The van der Waals surface area contributed by atoms with Gasteiger partial charge in [-0.15, -0.1) is 0 Å². The first kappa shape index (κ1) is 30.2. The van der Waals surface area contributed by atoms with E-state index >= 15 is 0 Å². The maximum Gasteiger partial charge on any atom is 0.350 e. The van der Waals surface area contributed by atoms with Gasteiger partial charge in [-0.3, -0.25) is 4.57 Å². The molecule has 0 saturated carbocycles. The first-order chi connectivity index (χ1) is 19.6. The van der Waals surface area contributed by atoms with Crippen LogP contribution in [0.15, 0.2) is 30.6 Å². The van der Waals surface area contributed by atoms with Gasteiger partial charge < -0.3 is 29.4 Å². The summed E-state index contributed by atoms with van der Waals surface area (Å²) < 4.78 is 29.4. The first-order valence-electron chi connectivity index (χ1n) is 13.1. The molecular weight excluding hydrogens is 558 g/mol. The van der Waals surface area contributed by atoms with Crippen LogP contribution in [0, 0.1) is 5.92 Å². The van der Waals surface area contributed by atoms with Gasteiger partial charge in [0.15, 0.2) is 11.5 Å². The van der Waals surface area contributed by atoms with Gasteiger partial charge >= 0.3 is 17.9 Å². The molecule has 0 amide bonds. The summed E-state index contributed by atoms with van der Waals surface area (Å²) in [6.45, 7) is 5.15. The number of halogens is 1. The fraction of sp³-hybridized carbons (Fsp3) is 0.481. The maximum atomic E-state index is 13.3. The van der Waals surface area contributed by atoms with Crippen LogP contribution in [0.2, 0.25) is 5.28 Å². The third-order valence-electron chi connectivity index (χ3n) is 6.70. The van der Waals surface area contributed by atoms with Gasteiger partial charge in [-0.2, -0.15) is 9.97 Å². The topological polar surface area (TPSA) is 167 Å². The third-order valence-corrected chi connectivity index (χ3v) is 6.87. The van der Waals surface area contributed by atoms with Crippen LogP contribution in [0.25, 0.3) is 11.2 Å². The molecule has 3 unspecified atom stereocenters. The van der Waals surface area contributed by atoms with E-state index in [1.165, 1.54) is 19.2 Å². The van der Waals surface area contributed by atoms with Crippen LogP contribution in [0.4, 0.5) is 5.82 Å². The molecule has 3 atom stereocenters. The summed E-state index contributed by atoms with van der Waals surface area (Å²) in [6.07, 6.45) is 0.888. The van der Waals surface area contributed by atoms with Crippen molar-refractivity contribution in [2.75, 3.05) is 32.7 Å². The van der Waals surface area contributed by atoms with Gasteiger partial charge in [0.05, 0.1) is 44.9 Å². The number of imidazole rings is 1. The summed E-state index contributed by atoms with van der Waals surface area (Å²) in [5.74, 6) is -2.17. The van der Waals surface area contributed by atoms with Crippen molar-refractivity contribution in [3.8, 4) is 0 Å². The van der Waals surface area contributed by atoms with Gasteiger partial charge in [0, 0.05) is 12.3 Å². The fourth-order valence-corrected chi connectivity index (χ4v) is 4.92. The molecule has 0 aliphatic carbocycles. The molecule has 3 heterocycles. The molecule has 1 aliphatic rings. The number of aromatic nitrogens is 4. The Morgan fingerprint density at radius 2 is 1.78 bits per heavy atom. The van der Waals surface area contributed by atoms with E-state index in [-0.39, 0.29) is 43.3 Å². The molecule has 1 saturated heterocycles. The van der Waals surface area contributed by atoms with Crippen molar-refractivity contribution < 1.29 is 38.1 Å². The molecule has 1 fully saturated rings. The lowest BCUT2D eigenvalue weighted by Gasteiger charge is -2.30. The molecule has 2 N–H and O–H groups in total. The van der Waals surface area contributed by atoms with Crippen molar-refractivity contribution in [3.05, 3.63) is 47.0 Å². The van der Waals surface area contributed by atoms with Crippen molar-refractivity contribution in [1.29, 1.82) is 0 Å². The zero-order valence-corrected chi connectivity index (χ0v) is 23.9. The van der Waals surface area contributed by atoms with Crippen LogP contribution in [-0.2, 0) is 39.7 Å². The number of anilines is 1. The van der Waals surface area contributed by atoms with E-state index < -0.39 is 35.8 Å². The Kier molecular flexibility index (Phi) is 9.41. The quantitative estimate of drug-likeness (QED) is 0.150. The fourth-order valence-electron chi connectivity index (χ4n) is 4.75. The number of methoxy groups -OCH3 is 1. The van der Waals surface area contributed by atoms with Crippen molar-refractivity contribution in [2.24, 2.45) is 5.92 Å². The second-order valence-corrected chi connectivity index (χ2v) is 9.85. The second-order valence-electron chi connectivity index (χ2n) is 9.51. The Hall–Kier alpha value is -3.81. The van der Waals surface area contributed by atoms with E-state index in [9.17, 15) is 14.4 Å². The number of rotatable bonds is 11. The van der Waals surface area contributed by atoms with Crippen LogP contribution in [0.3, 0.4) is 0 Å². The molecule has 0 radical (unpaired) electrons. The molecule has 4 rings (SSSR count). The molecule has 41 heavy (non-hydrogen) atoms. The number of ether oxygens (including phenoxy) is 5. The predicted octanol–water partition coefficient (Wildman–Crippen LogP) is 2.90. The molecule has 14 heteroatoms. The Balaban J connectivity index is 1.59. The van der Waals surface area contributed by atoms with E-state index in [2.05, 4.69) is 15.0 Å². The van der Waals surface area contributed by atoms with Crippen LogP contribution in [0.1, 0.15) is 49.3 Å². The summed E-state index contributed by atoms with van der Waals surface area (Å²) in [4.78, 5) is 51.0. The average Bonchev–Trinajstić information content (AvgIpc) is 3.53. The second kappa shape index (κ2) is 12.8. The molecule has 2 aromatic heterocycles. The zero-order chi connectivity index (χ0) is 29.7. The number of nitrogens with zero attached hydrogens (tertiary/aromatic N) is 4.